The standard InChI is InChI=1S/C23H26N2O2/c1-16-4-3-5-19-15-24-22(14-21(16)19)18-10-12-25(13-11-18)23(26)9-8-20-7-6-17(2)27-20/h3-7,14-15,18H,8-13H2,1-2H3. The number of carbonyl (C=O) groups is 1. The molecule has 1 amide bonds. The molecule has 0 bridgehead atoms. The van der Waals surface area contributed by atoms with Gasteiger partial charge in [0, 0.05) is 49.1 Å². The third kappa shape index (κ3) is 3.90. The van der Waals surface area contributed by atoms with E-state index in [9.17, 15) is 4.79 Å². The van der Waals surface area contributed by atoms with E-state index in [0.29, 0.717) is 18.8 Å². The third-order valence-electron chi connectivity index (χ3n) is 5.65. The fourth-order valence-electron chi connectivity index (χ4n) is 4.00. The van der Waals surface area contributed by atoms with Crippen molar-refractivity contribution in [3.63, 3.8) is 0 Å². The van der Waals surface area contributed by atoms with Crippen molar-refractivity contribution in [2.45, 2.75) is 45.4 Å². The second kappa shape index (κ2) is 7.55. The molecule has 0 aliphatic carbocycles. The molecule has 4 rings (SSSR count). The van der Waals surface area contributed by atoms with E-state index in [1.54, 1.807) is 0 Å². The van der Waals surface area contributed by atoms with Gasteiger partial charge in [-0.2, -0.15) is 0 Å². The Morgan fingerprint density at radius 1 is 1.19 bits per heavy atom. The van der Waals surface area contributed by atoms with E-state index in [1.807, 2.05) is 30.2 Å². The monoisotopic (exact) mass is 362 g/mol. The summed E-state index contributed by atoms with van der Waals surface area (Å²) >= 11 is 0. The lowest BCUT2D eigenvalue weighted by molar-refractivity contribution is -0.132. The van der Waals surface area contributed by atoms with Crippen molar-refractivity contribution in [1.82, 2.24) is 9.88 Å². The molecule has 0 radical (unpaired) electrons. The summed E-state index contributed by atoms with van der Waals surface area (Å²) in [5.74, 6) is 2.46. The van der Waals surface area contributed by atoms with E-state index >= 15 is 0 Å². The zero-order valence-electron chi connectivity index (χ0n) is 16.1. The molecule has 1 aliphatic heterocycles. The smallest absolute Gasteiger partial charge is 0.223 e. The molecule has 4 nitrogen and oxygen atoms in total. The summed E-state index contributed by atoms with van der Waals surface area (Å²) in [7, 11) is 0. The molecule has 0 saturated carbocycles. The highest BCUT2D eigenvalue weighted by Crippen LogP contribution is 2.29. The molecule has 1 aromatic carbocycles. The van der Waals surface area contributed by atoms with Crippen LogP contribution in [-0.2, 0) is 11.2 Å². The number of fused-ring (bicyclic) bond motifs is 1. The number of likely N-dealkylation sites (tertiary alicyclic amines) is 1. The van der Waals surface area contributed by atoms with Crippen LogP contribution in [0.15, 0.2) is 47.0 Å². The number of rotatable bonds is 4. The molecule has 1 aliphatic rings. The zero-order chi connectivity index (χ0) is 18.8. The Hall–Kier alpha value is -2.62. The average Bonchev–Trinajstić information content (AvgIpc) is 3.11. The maximum absolute atomic E-state index is 12.5. The number of aryl methyl sites for hydroxylation is 3. The van der Waals surface area contributed by atoms with E-state index in [4.69, 9.17) is 9.40 Å². The maximum atomic E-state index is 12.5. The Labute approximate surface area is 160 Å². The van der Waals surface area contributed by atoms with Crippen molar-refractivity contribution in [3.8, 4) is 0 Å². The first-order valence-corrected chi connectivity index (χ1v) is 9.78. The predicted octanol–water partition coefficient (Wildman–Crippen LogP) is 4.78. The number of carbonyl (C=O) groups excluding carboxylic acids is 1. The van der Waals surface area contributed by atoms with Gasteiger partial charge < -0.3 is 9.32 Å². The molecule has 3 heterocycles. The summed E-state index contributed by atoms with van der Waals surface area (Å²) in [4.78, 5) is 19.2. The number of furan rings is 1. The molecule has 4 heteroatoms. The quantitative estimate of drug-likeness (QED) is 0.671. The van der Waals surface area contributed by atoms with Crippen LogP contribution >= 0.6 is 0 Å². The Balaban J connectivity index is 1.35. The lowest BCUT2D eigenvalue weighted by atomic mass is 9.91. The van der Waals surface area contributed by atoms with Crippen molar-refractivity contribution in [2.24, 2.45) is 0 Å². The summed E-state index contributed by atoms with van der Waals surface area (Å²) in [6.07, 6.45) is 5.15. The molecule has 3 aromatic rings. The van der Waals surface area contributed by atoms with Gasteiger partial charge >= 0.3 is 0 Å². The van der Waals surface area contributed by atoms with E-state index in [2.05, 4.69) is 31.2 Å². The Morgan fingerprint density at radius 2 is 2.00 bits per heavy atom. The van der Waals surface area contributed by atoms with E-state index < -0.39 is 0 Å². The lowest BCUT2D eigenvalue weighted by Crippen LogP contribution is -2.38. The number of benzene rings is 1. The van der Waals surface area contributed by atoms with E-state index in [1.165, 1.54) is 16.3 Å². The largest absolute Gasteiger partial charge is 0.466 e. The molecule has 0 atom stereocenters. The second-order valence-corrected chi connectivity index (χ2v) is 7.57. The highest BCUT2D eigenvalue weighted by atomic mass is 16.3. The number of hydrogen-bond donors (Lipinski definition) is 0. The van der Waals surface area contributed by atoms with E-state index in [0.717, 1.165) is 43.1 Å². The molecule has 0 N–H and O–H groups in total. The molecule has 0 unspecified atom stereocenters. The van der Waals surface area contributed by atoms with Gasteiger partial charge in [0.25, 0.3) is 0 Å². The van der Waals surface area contributed by atoms with Crippen molar-refractivity contribution < 1.29 is 9.21 Å². The molecular formula is C23H26N2O2. The lowest BCUT2D eigenvalue weighted by Gasteiger charge is -2.32. The van der Waals surface area contributed by atoms with Crippen molar-refractivity contribution in [1.29, 1.82) is 0 Å². The third-order valence-corrected chi connectivity index (χ3v) is 5.65. The van der Waals surface area contributed by atoms with Gasteiger partial charge in [0.1, 0.15) is 11.5 Å². The number of aromatic nitrogens is 1. The minimum absolute atomic E-state index is 0.227. The van der Waals surface area contributed by atoms with Crippen LogP contribution in [0.3, 0.4) is 0 Å². The first kappa shape index (κ1) is 17.8. The van der Waals surface area contributed by atoms with Gasteiger partial charge in [-0.15, -0.1) is 0 Å². The fraction of sp³-hybridized carbons (Fsp3) is 0.391. The normalized spacial score (nSPS) is 15.4. The molecule has 27 heavy (non-hydrogen) atoms. The fourth-order valence-corrected chi connectivity index (χ4v) is 4.00. The van der Waals surface area contributed by atoms with Crippen LogP contribution in [0.25, 0.3) is 10.8 Å². The molecule has 2 aromatic heterocycles. The van der Waals surface area contributed by atoms with Gasteiger partial charge in [-0.1, -0.05) is 18.2 Å². The van der Waals surface area contributed by atoms with Gasteiger partial charge in [-0.3, -0.25) is 9.78 Å². The first-order chi connectivity index (χ1) is 13.1. The highest BCUT2D eigenvalue weighted by Gasteiger charge is 2.24. The molecule has 1 fully saturated rings. The summed E-state index contributed by atoms with van der Waals surface area (Å²) < 4.78 is 5.56. The van der Waals surface area contributed by atoms with Crippen molar-refractivity contribution >= 4 is 16.7 Å². The SMILES string of the molecule is Cc1ccc(CCC(=O)N2CCC(c3cc4c(C)cccc4cn3)CC2)o1. The number of amides is 1. The zero-order valence-corrected chi connectivity index (χ0v) is 16.1. The second-order valence-electron chi connectivity index (χ2n) is 7.57. The first-order valence-electron chi connectivity index (χ1n) is 9.78. The average molecular weight is 362 g/mol. The Morgan fingerprint density at radius 3 is 2.74 bits per heavy atom. The van der Waals surface area contributed by atoms with Crippen molar-refractivity contribution in [2.75, 3.05) is 13.1 Å². The molecule has 140 valence electrons. The minimum Gasteiger partial charge on any atom is -0.466 e. The molecular weight excluding hydrogens is 336 g/mol. The van der Waals surface area contributed by atoms with Crippen LogP contribution in [0.2, 0.25) is 0 Å². The van der Waals surface area contributed by atoms with Crippen LogP contribution in [-0.4, -0.2) is 28.9 Å². The van der Waals surface area contributed by atoms with Gasteiger partial charge in [-0.25, -0.2) is 0 Å². The summed E-state index contributed by atoms with van der Waals surface area (Å²) in [6.45, 7) is 5.70. The Kier molecular flexibility index (Phi) is 4.97. The molecule has 1 saturated heterocycles. The van der Waals surface area contributed by atoms with Gasteiger partial charge in [0.15, 0.2) is 0 Å². The summed E-state index contributed by atoms with van der Waals surface area (Å²) in [5, 5.41) is 2.48. The van der Waals surface area contributed by atoms with Gasteiger partial charge in [0.05, 0.1) is 0 Å². The molecule has 0 spiro atoms. The Bertz CT molecular complexity index is 952. The van der Waals surface area contributed by atoms with Crippen LogP contribution in [0, 0.1) is 13.8 Å². The number of pyridine rings is 1. The van der Waals surface area contributed by atoms with Gasteiger partial charge in [-0.05, 0) is 55.8 Å². The van der Waals surface area contributed by atoms with Crippen LogP contribution < -0.4 is 0 Å². The van der Waals surface area contributed by atoms with Crippen LogP contribution in [0.4, 0.5) is 0 Å². The van der Waals surface area contributed by atoms with Gasteiger partial charge in [0.2, 0.25) is 5.91 Å². The summed E-state index contributed by atoms with van der Waals surface area (Å²) in [6, 6.07) is 12.5. The number of piperidine rings is 1. The van der Waals surface area contributed by atoms with E-state index in [-0.39, 0.29) is 5.91 Å². The topological polar surface area (TPSA) is 46.3 Å². The minimum atomic E-state index is 0.227. The predicted molar refractivity (Wildman–Crippen MR) is 107 cm³/mol. The van der Waals surface area contributed by atoms with Crippen molar-refractivity contribution in [3.05, 3.63) is 65.4 Å². The highest BCUT2D eigenvalue weighted by molar-refractivity contribution is 5.85. The number of hydrogen-bond acceptors (Lipinski definition) is 3. The summed E-state index contributed by atoms with van der Waals surface area (Å²) in [5.41, 5.74) is 2.45. The number of nitrogens with zero attached hydrogens (tertiary/aromatic N) is 2. The maximum Gasteiger partial charge on any atom is 0.223 e. The van der Waals surface area contributed by atoms with Crippen LogP contribution in [0.1, 0.15) is 48.0 Å². The van der Waals surface area contributed by atoms with Crippen LogP contribution in [0.5, 0.6) is 0 Å².